The Labute approximate surface area is 442 Å². The number of aliphatic imine (C=N–C) groups is 1. The van der Waals surface area contributed by atoms with Crippen LogP contribution in [-0.2, 0) is 0 Å². The molecule has 0 unspecified atom stereocenters. The molecule has 72 heavy (non-hydrogen) atoms. The van der Waals surface area contributed by atoms with E-state index in [0.717, 1.165) is 52.1 Å². The number of hydrogen-bond acceptors (Lipinski definition) is 11. The lowest BCUT2D eigenvalue weighted by Gasteiger charge is -2.19. The molecule has 2 saturated heterocycles. The van der Waals surface area contributed by atoms with Crippen LogP contribution in [0.3, 0.4) is 0 Å². The molecule has 0 saturated carbocycles. The van der Waals surface area contributed by atoms with Crippen LogP contribution in [0.15, 0.2) is 104 Å². The zero-order chi connectivity index (χ0) is 53.8. The van der Waals surface area contributed by atoms with Crippen LogP contribution in [0.1, 0.15) is 162 Å². The van der Waals surface area contributed by atoms with Crippen molar-refractivity contribution in [3.8, 4) is 0 Å². The van der Waals surface area contributed by atoms with Crippen LogP contribution in [0, 0.1) is 0 Å². The summed E-state index contributed by atoms with van der Waals surface area (Å²) < 4.78 is 6.14. The Kier molecular flexibility index (Phi) is 35.7. The van der Waals surface area contributed by atoms with E-state index in [1.807, 2.05) is 54.1 Å². The summed E-state index contributed by atoms with van der Waals surface area (Å²) in [6.45, 7) is 52.1. The number of nitrogens with zero attached hydrogens (tertiary/aromatic N) is 12. The molecule has 6 aliphatic heterocycles. The summed E-state index contributed by atoms with van der Waals surface area (Å²) in [4.78, 5) is 22.2. The van der Waals surface area contributed by atoms with Gasteiger partial charge in [0, 0.05) is 150 Å². The van der Waals surface area contributed by atoms with Gasteiger partial charge >= 0.3 is 0 Å². The molecule has 0 aromatic carbocycles. The molecule has 6 aliphatic rings. The van der Waals surface area contributed by atoms with Gasteiger partial charge in [0.05, 0.1) is 25.9 Å². The Bertz CT molecular complexity index is 1550. The Morgan fingerprint density at radius 2 is 1.06 bits per heavy atom. The SMILES string of the molecule is CC(C)N1C=CCC1.CC(C)N1C=CNC1.CC(C)N1C=NCC1.CC(C)N1CC=CC1.CC(C)N1CCCC1.CC(C)N1CCNC1.CC(C)n1cccc1.CC(C)n1cccn1.CC(C)n1ccnc1. The minimum Gasteiger partial charge on any atom is -0.375 e. The number of nitrogens with one attached hydrogen (secondary N) is 2. The van der Waals surface area contributed by atoms with Crippen LogP contribution in [0.5, 0.6) is 0 Å². The molecule has 0 bridgehead atoms. The zero-order valence-corrected chi connectivity index (χ0v) is 49.3. The van der Waals surface area contributed by atoms with Crippen molar-refractivity contribution < 1.29 is 0 Å². The van der Waals surface area contributed by atoms with E-state index in [-0.39, 0.29) is 0 Å². The van der Waals surface area contributed by atoms with Gasteiger partial charge < -0.3 is 39.4 Å². The lowest BCUT2D eigenvalue weighted by molar-refractivity contribution is 0.273. The highest BCUT2D eigenvalue weighted by Gasteiger charge is 2.14. The second-order valence-corrected chi connectivity index (χ2v) is 21.5. The van der Waals surface area contributed by atoms with E-state index in [1.54, 1.807) is 12.4 Å². The van der Waals surface area contributed by atoms with Crippen LogP contribution in [-0.4, -0.2) is 168 Å². The molecule has 0 aliphatic carbocycles. The molecular formula is C58H110N14. The first-order valence-electron chi connectivity index (χ1n) is 27.8. The maximum Gasteiger partial charge on any atom is 0.0948 e. The van der Waals surface area contributed by atoms with Crippen LogP contribution < -0.4 is 10.6 Å². The van der Waals surface area contributed by atoms with Crippen LogP contribution in [0.4, 0.5) is 0 Å². The maximum absolute atomic E-state index is 4.09. The molecule has 0 amide bonds. The lowest BCUT2D eigenvalue weighted by Crippen LogP contribution is -2.29. The number of rotatable bonds is 9. The molecule has 14 nitrogen and oxygen atoms in total. The number of imidazole rings is 1. The Morgan fingerprint density at radius 3 is 1.31 bits per heavy atom. The quantitative estimate of drug-likeness (QED) is 0.202. The molecule has 2 N–H and O–H groups in total. The smallest absolute Gasteiger partial charge is 0.0948 e. The molecule has 0 spiro atoms. The molecule has 9 rings (SSSR count). The van der Waals surface area contributed by atoms with Gasteiger partial charge in [-0.3, -0.25) is 19.5 Å². The van der Waals surface area contributed by atoms with Crippen molar-refractivity contribution in [1.29, 1.82) is 0 Å². The average Bonchev–Trinajstić information content (AvgIpc) is 4.22. The minimum absolute atomic E-state index is 0.491. The van der Waals surface area contributed by atoms with Crippen molar-refractivity contribution in [2.45, 2.75) is 198 Å². The first-order valence-corrected chi connectivity index (χ1v) is 27.8. The molecule has 3 aromatic rings. The third kappa shape index (κ3) is 30.6. The highest BCUT2D eigenvalue weighted by Crippen LogP contribution is 2.11. The molecule has 3 aromatic heterocycles. The van der Waals surface area contributed by atoms with Gasteiger partial charge in [-0.15, -0.1) is 0 Å². The first kappa shape index (κ1) is 65.6. The second-order valence-electron chi connectivity index (χ2n) is 21.5. The Morgan fingerprint density at radius 1 is 0.458 bits per heavy atom. The van der Waals surface area contributed by atoms with Gasteiger partial charge in [-0.1, -0.05) is 18.2 Å². The maximum atomic E-state index is 4.09. The van der Waals surface area contributed by atoms with E-state index in [1.165, 1.54) is 45.4 Å². The molecule has 0 radical (unpaired) electrons. The third-order valence-corrected chi connectivity index (χ3v) is 12.7. The molecule has 2 fully saturated rings. The monoisotopic (exact) mass is 1000 g/mol. The van der Waals surface area contributed by atoms with E-state index in [4.69, 9.17) is 0 Å². The predicted molar refractivity (Wildman–Crippen MR) is 311 cm³/mol. The fourth-order valence-corrected chi connectivity index (χ4v) is 7.43. The summed E-state index contributed by atoms with van der Waals surface area (Å²) in [5.41, 5.74) is 0. The van der Waals surface area contributed by atoms with Gasteiger partial charge in [0.15, 0.2) is 0 Å². The van der Waals surface area contributed by atoms with Gasteiger partial charge in [0.2, 0.25) is 0 Å². The van der Waals surface area contributed by atoms with Crippen LogP contribution >= 0.6 is 0 Å². The molecule has 0 atom stereocenters. The van der Waals surface area contributed by atoms with Crippen molar-refractivity contribution in [3.63, 3.8) is 0 Å². The van der Waals surface area contributed by atoms with Gasteiger partial charge in [0.25, 0.3) is 0 Å². The number of hydrogen-bond donors (Lipinski definition) is 2. The summed E-state index contributed by atoms with van der Waals surface area (Å²) in [6, 6.07) is 11.8. The fraction of sp³-hybridized carbons (Fsp3) is 0.707. The summed E-state index contributed by atoms with van der Waals surface area (Å²) >= 11 is 0. The number of aromatic nitrogens is 5. The molecule has 412 valence electrons. The van der Waals surface area contributed by atoms with Crippen LogP contribution in [0.2, 0.25) is 0 Å². The number of likely N-dealkylation sites (tertiary alicyclic amines) is 1. The van der Waals surface area contributed by atoms with E-state index in [0.29, 0.717) is 48.3 Å². The van der Waals surface area contributed by atoms with Crippen molar-refractivity contribution >= 4 is 6.34 Å². The normalized spacial score (nSPS) is 17.0. The summed E-state index contributed by atoms with van der Waals surface area (Å²) in [7, 11) is 0. The highest BCUT2D eigenvalue weighted by atomic mass is 15.3. The summed E-state index contributed by atoms with van der Waals surface area (Å²) in [5.74, 6) is 0. The zero-order valence-electron chi connectivity index (χ0n) is 49.3. The Balaban J connectivity index is 0.000000405. The standard InChI is InChI=1S/C7H15N.2C7H13N.C7H11N.C6H14N2.2C6H12N2.2C6H10N2/c4*1-7(2)8-5-3-4-6-8;4*1-6(2)8-4-3-7-5-8;1-6(2)8-5-3-4-7-8/h7H,3-6H2,1-2H3;3,5,7H,4,6H2,1-2H3;3-4,7H,5-6H2,1-2H3;3-7H,1-2H3;6-7H,3-5H2,1-2H3;5-6H,3-4H2,1-2H3;3-4,6-7H,5H2,1-2H3;2*3-6H,1-2H3. The van der Waals surface area contributed by atoms with E-state index in [2.05, 4.69) is 232 Å². The van der Waals surface area contributed by atoms with E-state index in [9.17, 15) is 0 Å². The second kappa shape index (κ2) is 39.1. The van der Waals surface area contributed by atoms with E-state index < -0.39 is 0 Å². The average molecular weight is 1000 g/mol. The lowest BCUT2D eigenvalue weighted by atomic mass is 10.3. The van der Waals surface area contributed by atoms with Crippen LogP contribution in [0.25, 0.3) is 0 Å². The molecule has 14 heteroatoms. The van der Waals surface area contributed by atoms with Crippen molar-refractivity contribution in [2.24, 2.45) is 4.99 Å². The van der Waals surface area contributed by atoms with Crippen molar-refractivity contribution in [1.82, 2.24) is 63.9 Å². The van der Waals surface area contributed by atoms with Crippen molar-refractivity contribution in [2.75, 3.05) is 72.2 Å². The van der Waals surface area contributed by atoms with Gasteiger partial charge in [-0.25, -0.2) is 4.98 Å². The largest absolute Gasteiger partial charge is 0.375 e. The van der Waals surface area contributed by atoms with Gasteiger partial charge in [-0.05, 0) is 181 Å². The summed E-state index contributed by atoms with van der Waals surface area (Å²) in [5, 5.41) is 10.4. The molecule has 9 heterocycles. The predicted octanol–water partition coefficient (Wildman–Crippen LogP) is 11.1. The van der Waals surface area contributed by atoms with Crippen molar-refractivity contribution in [3.05, 3.63) is 98.5 Å². The Hall–Kier alpha value is -4.37. The summed E-state index contributed by atoms with van der Waals surface area (Å²) in [6.07, 6.45) is 32.4. The molecular weight excluding hydrogens is 893 g/mol. The van der Waals surface area contributed by atoms with Gasteiger partial charge in [-0.2, -0.15) is 5.10 Å². The highest BCUT2D eigenvalue weighted by molar-refractivity contribution is 5.57. The van der Waals surface area contributed by atoms with Gasteiger partial charge in [0.1, 0.15) is 0 Å². The topological polar surface area (TPSA) is 96.4 Å². The van der Waals surface area contributed by atoms with E-state index >= 15 is 0 Å². The fourth-order valence-electron chi connectivity index (χ4n) is 7.43. The third-order valence-electron chi connectivity index (χ3n) is 12.7. The minimum atomic E-state index is 0.491. The first-order chi connectivity index (χ1) is 34.2.